The van der Waals surface area contributed by atoms with Gasteiger partial charge in [-0.25, -0.2) is 0 Å². The Kier molecular flexibility index (Phi) is 8.08. The largest absolute Gasteiger partial charge is 0.497 e. The number of hydrogen-bond acceptors (Lipinski definition) is 6. The summed E-state index contributed by atoms with van der Waals surface area (Å²) in [6, 6.07) is 13.7. The quantitative estimate of drug-likeness (QED) is 0.446. The fourth-order valence-corrected chi connectivity index (χ4v) is 2.92. The van der Waals surface area contributed by atoms with Gasteiger partial charge in [0.05, 0.1) is 14.2 Å². The maximum atomic E-state index is 12.4. The van der Waals surface area contributed by atoms with Crippen LogP contribution in [0.25, 0.3) is 0 Å². The molecule has 0 atom stereocenters. The van der Waals surface area contributed by atoms with Crippen molar-refractivity contribution in [3.63, 3.8) is 0 Å². The van der Waals surface area contributed by atoms with E-state index in [0.717, 1.165) is 13.0 Å². The second-order valence-corrected chi connectivity index (χ2v) is 6.81. The fourth-order valence-electron chi connectivity index (χ4n) is 2.92. The van der Waals surface area contributed by atoms with E-state index in [1.54, 1.807) is 55.8 Å². The molecule has 1 aromatic heterocycles. The van der Waals surface area contributed by atoms with Crippen molar-refractivity contribution in [3.05, 3.63) is 66.5 Å². The number of ether oxygens (including phenoxy) is 3. The molecule has 0 spiro atoms. The van der Waals surface area contributed by atoms with E-state index in [2.05, 4.69) is 15.7 Å². The van der Waals surface area contributed by atoms with Crippen LogP contribution < -0.4 is 24.8 Å². The van der Waals surface area contributed by atoms with Gasteiger partial charge in [-0.15, -0.1) is 0 Å². The van der Waals surface area contributed by atoms with Crippen molar-refractivity contribution in [2.45, 2.75) is 13.0 Å². The van der Waals surface area contributed by atoms with Crippen molar-refractivity contribution in [2.24, 2.45) is 0 Å². The molecule has 0 aliphatic carbocycles. The minimum absolute atomic E-state index is 0.207. The monoisotopic (exact) mass is 438 g/mol. The molecule has 3 aromatic rings. The third kappa shape index (κ3) is 6.49. The average molecular weight is 438 g/mol. The summed E-state index contributed by atoms with van der Waals surface area (Å²) in [6.07, 6.45) is 4.36. The number of aromatic nitrogens is 2. The van der Waals surface area contributed by atoms with Gasteiger partial charge in [-0.05, 0) is 55.0 Å². The SMILES string of the molecule is COc1ccc(NC(=O)COc2ccc(C(=O)NCCCn3cccn3)cc2OC)cc1. The predicted octanol–water partition coefficient (Wildman–Crippen LogP) is 2.74. The first kappa shape index (κ1) is 22.7. The summed E-state index contributed by atoms with van der Waals surface area (Å²) in [5.41, 5.74) is 1.07. The highest BCUT2D eigenvalue weighted by Crippen LogP contribution is 2.28. The second kappa shape index (κ2) is 11.4. The highest BCUT2D eigenvalue weighted by atomic mass is 16.5. The lowest BCUT2D eigenvalue weighted by Crippen LogP contribution is -2.25. The molecular weight excluding hydrogens is 412 g/mol. The number of nitrogens with one attached hydrogen (secondary N) is 2. The van der Waals surface area contributed by atoms with Gasteiger partial charge in [-0.1, -0.05) is 0 Å². The summed E-state index contributed by atoms with van der Waals surface area (Å²) < 4.78 is 17.8. The van der Waals surface area contributed by atoms with Crippen molar-refractivity contribution < 1.29 is 23.8 Å². The number of carbonyl (C=O) groups excluding carboxylic acids is 2. The molecule has 1 heterocycles. The number of hydrogen-bond donors (Lipinski definition) is 2. The van der Waals surface area contributed by atoms with Crippen molar-refractivity contribution >= 4 is 17.5 Å². The van der Waals surface area contributed by atoms with Gasteiger partial charge in [0.15, 0.2) is 18.1 Å². The van der Waals surface area contributed by atoms with Crippen LogP contribution in [0.15, 0.2) is 60.9 Å². The third-order valence-corrected chi connectivity index (χ3v) is 4.57. The molecular formula is C23H26N4O5. The molecule has 32 heavy (non-hydrogen) atoms. The van der Waals surface area contributed by atoms with E-state index in [1.165, 1.54) is 7.11 Å². The second-order valence-electron chi connectivity index (χ2n) is 6.81. The Balaban J connectivity index is 1.49. The van der Waals surface area contributed by atoms with E-state index < -0.39 is 0 Å². The van der Waals surface area contributed by atoms with Crippen LogP contribution in [-0.4, -0.2) is 49.0 Å². The predicted molar refractivity (Wildman–Crippen MR) is 119 cm³/mol. The molecule has 3 rings (SSSR count). The van der Waals surface area contributed by atoms with E-state index >= 15 is 0 Å². The fraction of sp³-hybridized carbons (Fsp3) is 0.261. The summed E-state index contributed by atoms with van der Waals surface area (Å²) >= 11 is 0. The Morgan fingerprint density at radius 1 is 1.03 bits per heavy atom. The number of carbonyl (C=O) groups is 2. The first-order chi connectivity index (χ1) is 15.6. The Labute approximate surface area is 186 Å². The molecule has 2 aromatic carbocycles. The van der Waals surface area contributed by atoms with Crippen molar-refractivity contribution in [3.8, 4) is 17.2 Å². The van der Waals surface area contributed by atoms with Crippen LogP contribution in [0.3, 0.4) is 0 Å². The van der Waals surface area contributed by atoms with Crippen LogP contribution in [0.5, 0.6) is 17.2 Å². The lowest BCUT2D eigenvalue weighted by Gasteiger charge is -2.13. The van der Waals surface area contributed by atoms with Gasteiger partial charge in [0, 0.05) is 36.7 Å². The number of amides is 2. The summed E-state index contributed by atoms with van der Waals surface area (Å²) in [5, 5.41) is 9.73. The van der Waals surface area contributed by atoms with Gasteiger partial charge in [-0.3, -0.25) is 14.3 Å². The molecule has 0 unspecified atom stereocenters. The van der Waals surface area contributed by atoms with Crippen LogP contribution in [0, 0.1) is 0 Å². The van der Waals surface area contributed by atoms with Gasteiger partial charge < -0.3 is 24.8 Å². The molecule has 0 aliphatic rings. The highest BCUT2D eigenvalue weighted by molar-refractivity contribution is 5.95. The van der Waals surface area contributed by atoms with Crippen molar-refractivity contribution in [2.75, 3.05) is 32.7 Å². The van der Waals surface area contributed by atoms with Crippen molar-refractivity contribution in [1.29, 1.82) is 0 Å². The molecule has 0 saturated carbocycles. The maximum absolute atomic E-state index is 12.4. The lowest BCUT2D eigenvalue weighted by molar-refractivity contribution is -0.118. The molecule has 9 nitrogen and oxygen atoms in total. The lowest BCUT2D eigenvalue weighted by atomic mass is 10.2. The van der Waals surface area contributed by atoms with Crippen LogP contribution in [-0.2, 0) is 11.3 Å². The number of nitrogens with zero attached hydrogens (tertiary/aromatic N) is 2. The molecule has 0 saturated heterocycles. The summed E-state index contributed by atoms with van der Waals surface area (Å²) in [6.45, 7) is 1.04. The van der Waals surface area contributed by atoms with Crippen LogP contribution in [0.2, 0.25) is 0 Å². The Morgan fingerprint density at radius 3 is 2.53 bits per heavy atom. The average Bonchev–Trinajstić information content (AvgIpc) is 3.34. The first-order valence-corrected chi connectivity index (χ1v) is 10.1. The third-order valence-electron chi connectivity index (χ3n) is 4.57. The molecule has 9 heteroatoms. The molecule has 2 amide bonds. The minimum atomic E-state index is -0.323. The van der Waals surface area contributed by atoms with Crippen molar-refractivity contribution in [1.82, 2.24) is 15.1 Å². The number of rotatable bonds is 11. The zero-order valence-corrected chi connectivity index (χ0v) is 18.0. The standard InChI is InChI=1S/C23H26N4O5/c1-30-19-8-6-18(7-9-19)26-22(28)16-32-20-10-5-17(15-21(20)31-2)23(29)24-11-3-13-27-14-4-12-25-27/h4-10,12,14-15H,3,11,13,16H2,1-2H3,(H,24,29)(H,26,28). The summed E-state index contributed by atoms with van der Waals surface area (Å²) in [7, 11) is 3.05. The number of benzene rings is 2. The smallest absolute Gasteiger partial charge is 0.262 e. The number of methoxy groups -OCH3 is 2. The molecule has 2 N–H and O–H groups in total. The Morgan fingerprint density at radius 2 is 1.84 bits per heavy atom. The van der Waals surface area contributed by atoms with E-state index in [-0.39, 0.29) is 18.4 Å². The van der Waals surface area contributed by atoms with Gasteiger partial charge in [0.1, 0.15) is 5.75 Å². The zero-order valence-electron chi connectivity index (χ0n) is 18.0. The molecule has 0 fully saturated rings. The number of aryl methyl sites for hydroxylation is 1. The van der Waals surface area contributed by atoms with Gasteiger partial charge in [-0.2, -0.15) is 5.10 Å². The maximum Gasteiger partial charge on any atom is 0.262 e. The molecule has 0 radical (unpaired) electrons. The molecule has 168 valence electrons. The first-order valence-electron chi connectivity index (χ1n) is 10.1. The summed E-state index contributed by atoms with van der Waals surface area (Å²) in [5.74, 6) is 0.897. The summed E-state index contributed by atoms with van der Waals surface area (Å²) in [4.78, 5) is 24.6. The van der Waals surface area contributed by atoms with Gasteiger partial charge >= 0.3 is 0 Å². The van der Waals surface area contributed by atoms with E-state index in [4.69, 9.17) is 14.2 Å². The topological polar surface area (TPSA) is 104 Å². The van der Waals surface area contributed by atoms with Gasteiger partial charge in [0.25, 0.3) is 11.8 Å². The van der Waals surface area contributed by atoms with E-state index in [9.17, 15) is 9.59 Å². The molecule has 0 aliphatic heterocycles. The van der Waals surface area contributed by atoms with Crippen LogP contribution in [0.4, 0.5) is 5.69 Å². The minimum Gasteiger partial charge on any atom is -0.497 e. The van der Waals surface area contributed by atoms with Crippen LogP contribution in [0.1, 0.15) is 16.8 Å². The highest BCUT2D eigenvalue weighted by Gasteiger charge is 2.12. The van der Waals surface area contributed by atoms with E-state index in [1.807, 2.05) is 16.9 Å². The van der Waals surface area contributed by atoms with Crippen LogP contribution >= 0.6 is 0 Å². The Hall–Kier alpha value is -4.01. The zero-order chi connectivity index (χ0) is 22.8. The van der Waals surface area contributed by atoms with Gasteiger partial charge in [0.2, 0.25) is 0 Å². The normalized spacial score (nSPS) is 10.3. The molecule has 0 bridgehead atoms. The van der Waals surface area contributed by atoms with E-state index in [0.29, 0.717) is 35.0 Å². The Bertz CT molecular complexity index is 1020. The number of anilines is 1.